The van der Waals surface area contributed by atoms with Crippen LogP contribution in [0.1, 0.15) is 20.2 Å². The Morgan fingerprint density at radius 2 is 1.58 bits per heavy atom. The molecule has 0 saturated carbocycles. The van der Waals surface area contributed by atoms with Gasteiger partial charge in [0, 0.05) is 16.0 Å². The molecule has 1 aromatic heterocycles. The molecule has 0 bridgehead atoms. The van der Waals surface area contributed by atoms with E-state index in [0.29, 0.717) is 27.8 Å². The maximum absolute atomic E-state index is 13.0. The van der Waals surface area contributed by atoms with Gasteiger partial charge in [-0.2, -0.15) is 0 Å². The average molecular weight is 369 g/mol. The van der Waals surface area contributed by atoms with Crippen LogP contribution in [0.3, 0.4) is 0 Å². The van der Waals surface area contributed by atoms with Crippen LogP contribution >= 0.6 is 11.3 Å². The SMILES string of the molecule is COc1cc(C(=O)c2nc(-c3ccccc3)c(C)s2)cc(OC)c1OC. The van der Waals surface area contributed by atoms with Crippen molar-refractivity contribution in [2.45, 2.75) is 6.92 Å². The second kappa shape index (κ2) is 7.58. The summed E-state index contributed by atoms with van der Waals surface area (Å²) in [6.45, 7) is 1.96. The van der Waals surface area contributed by atoms with Gasteiger partial charge in [-0.05, 0) is 19.1 Å². The van der Waals surface area contributed by atoms with Crippen molar-refractivity contribution < 1.29 is 19.0 Å². The van der Waals surface area contributed by atoms with Crippen molar-refractivity contribution in [2.24, 2.45) is 0 Å². The summed E-state index contributed by atoms with van der Waals surface area (Å²) in [5.41, 5.74) is 2.25. The smallest absolute Gasteiger partial charge is 0.221 e. The third-order valence-corrected chi connectivity index (χ3v) is 4.93. The Labute approximate surface area is 156 Å². The molecule has 0 N–H and O–H groups in total. The molecule has 0 aliphatic heterocycles. The Hall–Kier alpha value is -2.86. The molecule has 0 spiro atoms. The fourth-order valence-corrected chi connectivity index (χ4v) is 3.59. The minimum atomic E-state index is -0.181. The lowest BCUT2D eigenvalue weighted by atomic mass is 10.1. The summed E-state index contributed by atoms with van der Waals surface area (Å²) in [6.07, 6.45) is 0. The zero-order valence-corrected chi connectivity index (χ0v) is 15.8. The number of nitrogens with zero attached hydrogens (tertiary/aromatic N) is 1. The molecule has 0 unspecified atom stereocenters. The molecule has 0 saturated heterocycles. The second-order valence-corrected chi connectivity index (χ2v) is 6.74. The first-order valence-corrected chi connectivity index (χ1v) is 8.78. The number of rotatable bonds is 6. The molecule has 6 heteroatoms. The van der Waals surface area contributed by atoms with Crippen LogP contribution in [0.15, 0.2) is 42.5 Å². The number of hydrogen-bond donors (Lipinski definition) is 0. The van der Waals surface area contributed by atoms with Gasteiger partial charge in [0.1, 0.15) is 0 Å². The van der Waals surface area contributed by atoms with Crippen molar-refractivity contribution in [1.82, 2.24) is 4.98 Å². The lowest BCUT2D eigenvalue weighted by Gasteiger charge is -2.13. The zero-order valence-electron chi connectivity index (χ0n) is 15.0. The molecule has 0 atom stereocenters. The monoisotopic (exact) mass is 369 g/mol. The van der Waals surface area contributed by atoms with Gasteiger partial charge in [-0.3, -0.25) is 4.79 Å². The Morgan fingerprint density at radius 3 is 2.12 bits per heavy atom. The van der Waals surface area contributed by atoms with Crippen molar-refractivity contribution in [2.75, 3.05) is 21.3 Å². The minimum absolute atomic E-state index is 0.181. The van der Waals surface area contributed by atoms with Crippen LogP contribution in [0.25, 0.3) is 11.3 Å². The van der Waals surface area contributed by atoms with E-state index in [-0.39, 0.29) is 5.78 Å². The minimum Gasteiger partial charge on any atom is -0.493 e. The molecule has 0 aliphatic carbocycles. The summed E-state index contributed by atoms with van der Waals surface area (Å²) in [7, 11) is 4.57. The first-order valence-electron chi connectivity index (χ1n) is 7.96. The molecule has 26 heavy (non-hydrogen) atoms. The molecule has 1 heterocycles. The third-order valence-electron chi connectivity index (χ3n) is 3.96. The summed E-state index contributed by atoms with van der Waals surface area (Å²) < 4.78 is 16.0. The van der Waals surface area contributed by atoms with Gasteiger partial charge in [0.05, 0.1) is 27.0 Å². The molecule has 0 fully saturated rings. The number of ether oxygens (including phenoxy) is 3. The summed E-state index contributed by atoms with van der Waals surface area (Å²) in [5.74, 6) is 1.14. The number of hydrogen-bond acceptors (Lipinski definition) is 6. The molecule has 0 aliphatic rings. The number of carbonyl (C=O) groups is 1. The highest BCUT2D eigenvalue weighted by atomic mass is 32.1. The van der Waals surface area contributed by atoms with Gasteiger partial charge >= 0.3 is 0 Å². The molecular formula is C20H19NO4S. The van der Waals surface area contributed by atoms with Crippen LogP contribution < -0.4 is 14.2 Å². The van der Waals surface area contributed by atoms with Crippen LogP contribution in [0.4, 0.5) is 0 Å². The summed E-state index contributed by atoms with van der Waals surface area (Å²) >= 11 is 1.38. The van der Waals surface area contributed by atoms with Crippen molar-refractivity contribution in [1.29, 1.82) is 0 Å². The van der Waals surface area contributed by atoms with Gasteiger partial charge in [0.15, 0.2) is 16.5 Å². The predicted octanol–water partition coefficient (Wildman–Crippen LogP) is 4.38. The van der Waals surface area contributed by atoms with Crippen molar-refractivity contribution in [3.63, 3.8) is 0 Å². The van der Waals surface area contributed by atoms with Crippen LogP contribution in [0, 0.1) is 6.92 Å². The largest absolute Gasteiger partial charge is 0.493 e. The molecule has 3 aromatic rings. The molecule has 3 rings (SSSR count). The molecule has 5 nitrogen and oxygen atoms in total. The standard InChI is InChI=1S/C20H19NO4S/c1-12-17(13-8-6-5-7-9-13)21-20(26-12)18(22)14-10-15(23-2)19(25-4)16(11-14)24-3/h5-11H,1-4H3. The van der Waals surface area contributed by atoms with E-state index in [1.54, 1.807) is 12.1 Å². The van der Waals surface area contributed by atoms with Crippen LogP contribution in [-0.2, 0) is 0 Å². The van der Waals surface area contributed by atoms with E-state index in [1.165, 1.54) is 32.7 Å². The summed E-state index contributed by atoms with van der Waals surface area (Å²) in [5, 5.41) is 0.427. The van der Waals surface area contributed by atoms with Gasteiger partial charge in [-0.15, -0.1) is 11.3 Å². The van der Waals surface area contributed by atoms with Crippen molar-refractivity contribution >= 4 is 17.1 Å². The van der Waals surface area contributed by atoms with Gasteiger partial charge in [-0.1, -0.05) is 30.3 Å². The van der Waals surface area contributed by atoms with Crippen molar-refractivity contribution in [3.05, 3.63) is 57.9 Å². The van der Waals surface area contributed by atoms with Gasteiger partial charge in [-0.25, -0.2) is 4.98 Å². The summed E-state index contributed by atoms with van der Waals surface area (Å²) in [6, 6.07) is 13.1. The molecule has 0 radical (unpaired) electrons. The highest BCUT2D eigenvalue weighted by molar-refractivity contribution is 7.14. The lowest BCUT2D eigenvalue weighted by Crippen LogP contribution is -2.04. The number of benzene rings is 2. The second-order valence-electron chi connectivity index (χ2n) is 5.53. The zero-order chi connectivity index (χ0) is 18.7. The number of ketones is 1. The van der Waals surface area contributed by atoms with E-state index in [0.717, 1.165) is 16.1 Å². The molecular weight excluding hydrogens is 350 g/mol. The topological polar surface area (TPSA) is 57.7 Å². The molecule has 0 amide bonds. The van der Waals surface area contributed by atoms with E-state index in [1.807, 2.05) is 37.3 Å². The Balaban J connectivity index is 2.03. The highest BCUT2D eigenvalue weighted by Gasteiger charge is 2.21. The van der Waals surface area contributed by atoms with E-state index in [2.05, 4.69) is 4.98 Å². The molecule has 134 valence electrons. The Morgan fingerprint density at radius 1 is 0.962 bits per heavy atom. The van der Waals surface area contributed by atoms with E-state index >= 15 is 0 Å². The Kier molecular flexibility index (Phi) is 5.23. The van der Waals surface area contributed by atoms with Crippen LogP contribution in [0.2, 0.25) is 0 Å². The normalized spacial score (nSPS) is 10.5. The number of carbonyl (C=O) groups excluding carboxylic acids is 1. The quantitative estimate of drug-likeness (QED) is 0.604. The fourth-order valence-electron chi connectivity index (χ4n) is 2.69. The lowest BCUT2D eigenvalue weighted by molar-refractivity contribution is 0.103. The van der Waals surface area contributed by atoms with E-state index in [9.17, 15) is 4.79 Å². The van der Waals surface area contributed by atoms with Crippen LogP contribution in [0.5, 0.6) is 17.2 Å². The first-order chi connectivity index (χ1) is 12.6. The first kappa shape index (κ1) is 17.9. The predicted molar refractivity (Wildman–Crippen MR) is 102 cm³/mol. The van der Waals surface area contributed by atoms with Crippen molar-refractivity contribution in [3.8, 4) is 28.5 Å². The fraction of sp³-hybridized carbons (Fsp3) is 0.200. The maximum atomic E-state index is 13.0. The van der Waals surface area contributed by atoms with Gasteiger partial charge in [0.2, 0.25) is 11.5 Å². The maximum Gasteiger partial charge on any atom is 0.221 e. The van der Waals surface area contributed by atoms with Crippen LogP contribution in [-0.4, -0.2) is 32.1 Å². The number of aromatic nitrogens is 1. The Bertz CT molecular complexity index is 909. The average Bonchev–Trinajstić information content (AvgIpc) is 3.08. The number of methoxy groups -OCH3 is 3. The van der Waals surface area contributed by atoms with Gasteiger partial charge in [0.25, 0.3) is 0 Å². The third kappa shape index (κ3) is 3.28. The number of thiazole rings is 1. The summed E-state index contributed by atoms with van der Waals surface area (Å²) in [4.78, 5) is 18.5. The van der Waals surface area contributed by atoms with E-state index in [4.69, 9.17) is 14.2 Å². The highest BCUT2D eigenvalue weighted by Crippen LogP contribution is 2.39. The van der Waals surface area contributed by atoms with Gasteiger partial charge < -0.3 is 14.2 Å². The number of aryl methyl sites for hydroxylation is 1. The molecule has 2 aromatic carbocycles. The van der Waals surface area contributed by atoms with E-state index < -0.39 is 0 Å².